The first-order valence-corrected chi connectivity index (χ1v) is 7.25. The maximum Gasteiger partial charge on any atom is 0.262 e. The van der Waals surface area contributed by atoms with E-state index in [1.54, 1.807) is 0 Å². The van der Waals surface area contributed by atoms with Gasteiger partial charge < -0.3 is 14.4 Å². The summed E-state index contributed by atoms with van der Waals surface area (Å²) in [5.41, 5.74) is 0.577. The van der Waals surface area contributed by atoms with Crippen LogP contribution in [0, 0.1) is 11.8 Å². The topological polar surface area (TPSA) is 102 Å². The summed E-state index contributed by atoms with van der Waals surface area (Å²) in [4.78, 5) is 0.00624. The van der Waals surface area contributed by atoms with E-state index in [1.165, 1.54) is 37.8 Å². The molecular weight excluding hydrogens is 296 g/mol. The van der Waals surface area contributed by atoms with E-state index < -0.39 is 10.0 Å². The number of ether oxygens (including phenoxy) is 1. The Morgan fingerprint density at radius 1 is 1.48 bits per heavy atom. The molecule has 0 spiro atoms. The van der Waals surface area contributed by atoms with Gasteiger partial charge >= 0.3 is 0 Å². The van der Waals surface area contributed by atoms with Crippen LogP contribution in [0.4, 0.5) is 5.69 Å². The fourth-order valence-corrected chi connectivity index (χ4v) is 2.61. The lowest BCUT2D eigenvalue weighted by Crippen LogP contribution is -2.12. The van der Waals surface area contributed by atoms with Gasteiger partial charge in [0.25, 0.3) is 10.0 Å². The van der Waals surface area contributed by atoms with Crippen molar-refractivity contribution in [1.82, 2.24) is 5.16 Å². The first-order valence-electron chi connectivity index (χ1n) is 5.77. The maximum absolute atomic E-state index is 12.2. The Hall–Kier alpha value is -2.50. The van der Waals surface area contributed by atoms with E-state index in [0.29, 0.717) is 11.3 Å². The van der Waals surface area contributed by atoms with E-state index in [0.717, 1.165) is 0 Å². The molecule has 1 aromatic heterocycles. The van der Waals surface area contributed by atoms with E-state index in [-0.39, 0.29) is 17.2 Å². The summed E-state index contributed by atoms with van der Waals surface area (Å²) < 4.78 is 36.4. The number of hydrogen-bond donors (Lipinski definition) is 2. The zero-order valence-corrected chi connectivity index (χ0v) is 11.8. The van der Waals surface area contributed by atoms with Gasteiger partial charge in [0, 0.05) is 0 Å². The molecule has 110 valence electrons. The monoisotopic (exact) mass is 308 g/mol. The summed E-state index contributed by atoms with van der Waals surface area (Å²) in [5.74, 6) is 5.50. The van der Waals surface area contributed by atoms with E-state index in [1.807, 2.05) is 0 Å². The van der Waals surface area contributed by atoms with Crippen LogP contribution in [0.15, 0.2) is 40.1 Å². The molecular formula is C13H12N2O5S. The van der Waals surface area contributed by atoms with Gasteiger partial charge in [-0.2, -0.15) is 0 Å². The van der Waals surface area contributed by atoms with Crippen LogP contribution in [-0.2, 0) is 10.0 Å². The largest absolute Gasteiger partial charge is 0.495 e. The van der Waals surface area contributed by atoms with Crippen LogP contribution in [0.3, 0.4) is 0 Å². The van der Waals surface area contributed by atoms with Crippen LogP contribution in [-0.4, -0.2) is 32.4 Å². The fourth-order valence-electron chi connectivity index (χ4n) is 1.56. The molecule has 7 nitrogen and oxygen atoms in total. The predicted octanol–water partition coefficient (Wildman–Crippen LogP) is 0.828. The summed E-state index contributed by atoms with van der Waals surface area (Å²) in [6, 6.07) is 4.24. The van der Waals surface area contributed by atoms with Crippen LogP contribution >= 0.6 is 0 Å². The Labute approximate surface area is 121 Å². The Kier molecular flexibility index (Phi) is 4.47. The standard InChI is InChI=1S/C13H12N2O5S/c1-19-13-5-4-12(7-10(13)3-2-6-16)21(17,18)15-11-8-14-20-9-11/h4-5,7-9,15-16H,6H2,1H3. The molecule has 0 radical (unpaired) electrons. The number of rotatable bonds is 4. The number of hydrogen-bond acceptors (Lipinski definition) is 6. The Bertz CT molecular complexity index is 773. The van der Waals surface area contributed by atoms with Crippen molar-refractivity contribution in [2.24, 2.45) is 0 Å². The minimum Gasteiger partial charge on any atom is -0.495 e. The molecule has 2 aromatic rings. The SMILES string of the molecule is COc1ccc(S(=O)(=O)Nc2cnoc2)cc1C#CCO. The molecule has 0 saturated carbocycles. The average Bonchev–Trinajstić information content (AvgIpc) is 2.96. The van der Waals surface area contributed by atoms with Crippen molar-refractivity contribution in [2.45, 2.75) is 4.90 Å². The second-order valence-electron chi connectivity index (χ2n) is 3.84. The van der Waals surface area contributed by atoms with E-state index in [2.05, 4.69) is 26.2 Å². The fraction of sp³-hybridized carbons (Fsp3) is 0.154. The van der Waals surface area contributed by atoms with Gasteiger partial charge in [-0.3, -0.25) is 4.72 Å². The first-order chi connectivity index (χ1) is 10.1. The van der Waals surface area contributed by atoms with Gasteiger partial charge in [0.2, 0.25) is 0 Å². The molecule has 0 aliphatic carbocycles. The molecule has 8 heteroatoms. The average molecular weight is 308 g/mol. The van der Waals surface area contributed by atoms with Gasteiger partial charge in [0.1, 0.15) is 24.3 Å². The second kappa shape index (κ2) is 6.30. The number of aliphatic hydroxyl groups is 1. The molecule has 0 aliphatic heterocycles. The van der Waals surface area contributed by atoms with Gasteiger partial charge in [-0.15, -0.1) is 0 Å². The zero-order valence-electron chi connectivity index (χ0n) is 11.0. The van der Waals surface area contributed by atoms with E-state index in [9.17, 15) is 8.42 Å². The van der Waals surface area contributed by atoms with Crippen molar-refractivity contribution >= 4 is 15.7 Å². The molecule has 0 amide bonds. The lowest BCUT2D eigenvalue weighted by atomic mass is 10.2. The quantitative estimate of drug-likeness (QED) is 0.811. The number of aliphatic hydroxyl groups excluding tert-OH is 1. The van der Waals surface area contributed by atoms with Gasteiger partial charge in [0.05, 0.1) is 23.8 Å². The highest BCUT2D eigenvalue weighted by Crippen LogP contribution is 2.23. The molecule has 0 saturated heterocycles. The number of methoxy groups -OCH3 is 1. The van der Waals surface area contributed by atoms with Gasteiger partial charge in [-0.1, -0.05) is 17.0 Å². The smallest absolute Gasteiger partial charge is 0.262 e. The summed E-state index contributed by atoms with van der Waals surface area (Å²) in [6.07, 6.45) is 2.42. The first kappa shape index (κ1) is 14.9. The summed E-state index contributed by atoms with van der Waals surface area (Å²) in [6.45, 7) is -0.334. The Morgan fingerprint density at radius 2 is 2.29 bits per heavy atom. The Balaban J connectivity index is 2.39. The molecule has 0 bridgehead atoms. The lowest BCUT2D eigenvalue weighted by Gasteiger charge is -2.08. The molecule has 21 heavy (non-hydrogen) atoms. The number of aromatic nitrogens is 1. The number of sulfonamides is 1. The van der Waals surface area contributed by atoms with Crippen LogP contribution in [0.25, 0.3) is 0 Å². The zero-order chi connectivity index (χ0) is 15.3. The lowest BCUT2D eigenvalue weighted by molar-refractivity contribution is 0.350. The molecule has 0 atom stereocenters. The molecule has 1 aromatic carbocycles. The molecule has 2 N–H and O–H groups in total. The highest BCUT2D eigenvalue weighted by molar-refractivity contribution is 7.92. The molecule has 0 fully saturated rings. The third kappa shape index (κ3) is 3.53. The van der Waals surface area contributed by atoms with Crippen molar-refractivity contribution < 1.29 is 22.8 Å². The number of anilines is 1. The van der Waals surface area contributed by atoms with E-state index in [4.69, 9.17) is 9.84 Å². The molecule has 0 unspecified atom stereocenters. The van der Waals surface area contributed by atoms with Crippen LogP contribution in [0.2, 0.25) is 0 Å². The highest BCUT2D eigenvalue weighted by atomic mass is 32.2. The van der Waals surface area contributed by atoms with Crippen molar-refractivity contribution in [3.63, 3.8) is 0 Å². The summed E-state index contributed by atoms with van der Waals surface area (Å²) in [5, 5.41) is 12.1. The van der Waals surface area contributed by atoms with Crippen LogP contribution in [0.5, 0.6) is 5.75 Å². The van der Waals surface area contributed by atoms with Crippen molar-refractivity contribution in [3.8, 4) is 17.6 Å². The van der Waals surface area contributed by atoms with Gasteiger partial charge in [-0.25, -0.2) is 8.42 Å². The van der Waals surface area contributed by atoms with Crippen molar-refractivity contribution in [3.05, 3.63) is 36.2 Å². The minimum atomic E-state index is -3.79. The number of nitrogens with one attached hydrogen (secondary N) is 1. The maximum atomic E-state index is 12.2. The predicted molar refractivity (Wildman–Crippen MR) is 74.3 cm³/mol. The third-order valence-corrected chi connectivity index (χ3v) is 3.85. The summed E-state index contributed by atoms with van der Waals surface area (Å²) in [7, 11) is -2.34. The van der Waals surface area contributed by atoms with Gasteiger partial charge in [0.15, 0.2) is 0 Å². The van der Waals surface area contributed by atoms with Crippen LogP contribution in [0.1, 0.15) is 5.56 Å². The van der Waals surface area contributed by atoms with Crippen LogP contribution < -0.4 is 9.46 Å². The molecule has 2 rings (SSSR count). The highest BCUT2D eigenvalue weighted by Gasteiger charge is 2.17. The molecule has 1 heterocycles. The van der Waals surface area contributed by atoms with Crippen molar-refractivity contribution in [2.75, 3.05) is 18.4 Å². The normalized spacial score (nSPS) is 10.6. The second-order valence-corrected chi connectivity index (χ2v) is 5.52. The van der Waals surface area contributed by atoms with Gasteiger partial charge in [-0.05, 0) is 18.2 Å². The summed E-state index contributed by atoms with van der Waals surface area (Å²) >= 11 is 0. The van der Waals surface area contributed by atoms with E-state index >= 15 is 0 Å². The number of benzene rings is 1. The van der Waals surface area contributed by atoms with Crippen molar-refractivity contribution in [1.29, 1.82) is 0 Å². The molecule has 0 aliphatic rings. The third-order valence-electron chi connectivity index (χ3n) is 2.47. The minimum absolute atomic E-state index is 0.00624. The Morgan fingerprint density at radius 3 is 2.90 bits per heavy atom. The number of nitrogens with zero attached hydrogens (tertiary/aromatic N) is 1.